The summed E-state index contributed by atoms with van der Waals surface area (Å²) in [5.41, 5.74) is 16.6. The lowest BCUT2D eigenvalue weighted by Gasteiger charge is -2.22. The summed E-state index contributed by atoms with van der Waals surface area (Å²) in [5.74, 6) is -0.702. The van der Waals surface area contributed by atoms with Gasteiger partial charge in [0.05, 0.1) is 12.8 Å². The predicted octanol–water partition coefficient (Wildman–Crippen LogP) is 2.30. The highest BCUT2D eigenvalue weighted by Crippen LogP contribution is 2.06. The first-order valence-electron chi connectivity index (χ1n) is 14.0. The van der Waals surface area contributed by atoms with E-state index in [0.29, 0.717) is 19.8 Å². The Bertz CT molecular complexity index is 469. The fraction of sp³-hybridized carbons (Fsp3) is 0.923. The van der Waals surface area contributed by atoms with Gasteiger partial charge in [-0.3, -0.25) is 14.5 Å². The molecule has 0 unspecified atom stereocenters. The van der Waals surface area contributed by atoms with Crippen molar-refractivity contribution in [3.05, 3.63) is 0 Å². The predicted molar refractivity (Wildman–Crippen MR) is 143 cm³/mol. The highest BCUT2D eigenvalue weighted by molar-refractivity contribution is 5.77. The van der Waals surface area contributed by atoms with Crippen LogP contribution in [0.5, 0.6) is 0 Å². The zero-order valence-corrected chi connectivity index (χ0v) is 22.3. The number of carbonyl (C=O) groups excluding carboxylic acids is 2. The van der Waals surface area contributed by atoms with Crippen LogP contribution in [0.3, 0.4) is 0 Å². The van der Waals surface area contributed by atoms with E-state index in [4.69, 9.17) is 26.7 Å². The molecular formula is C26H55N5O4. The van der Waals surface area contributed by atoms with Crippen LogP contribution in [-0.4, -0.2) is 82.4 Å². The van der Waals surface area contributed by atoms with Gasteiger partial charge in [0.15, 0.2) is 0 Å². The van der Waals surface area contributed by atoms with Gasteiger partial charge in [0.25, 0.3) is 0 Å². The molecule has 0 radical (unpaired) electrons. The summed E-state index contributed by atoms with van der Waals surface area (Å²) < 4.78 is 10.5. The Morgan fingerprint density at radius 3 is 1.51 bits per heavy atom. The molecule has 9 heteroatoms. The quantitative estimate of drug-likeness (QED) is 0.0983. The molecule has 0 amide bonds. The average Bonchev–Trinajstić information content (AvgIpc) is 2.85. The van der Waals surface area contributed by atoms with Gasteiger partial charge in [-0.25, -0.2) is 0 Å². The fourth-order valence-corrected chi connectivity index (χ4v) is 3.75. The van der Waals surface area contributed by atoms with Crippen LogP contribution in [0.4, 0.5) is 0 Å². The van der Waals surface area contributed by atoms with Crippen molar-refractivity contribution in [2.75, 3.05) is 65.6 Å². The number of carbonyl (C=O) groups is 2. The lowest BCUT2D eigenvalue weighted by atomic mass is 10.1. The zero-order chi connectivity index (χ0) is 25.8. The SMILES string of the molecule is NCCCCCCNCCOC(=O)CCC(=O)OCCN(CCCCCCN)CCCCCCN. The number of nitrogens with one attached hydrogen (secondary N) is 1. The van der Waals surface area contributed by atoms with Crippen molar-refractivity contribution in [3.8, 4) is 0 Å². The molecule has 0 fully saturated rings. The molecule has 9 nitrogen and oxygen atoms in total. The summed E-state index contributed by atoms with van der Waals surface area (Å²) in [4.78, 5) is 26.2. The molecule has 0 rings (SSSR count). The number of hydrogen-bond donors (Lipinski definition) is 4. The molecule has 0 aromatic carbocycles. The molecule has 0 aliphatic carbocycles. The molecule has 0 aromatic rings. The maximum atomic E-state index is 12.0. The molecule has 0 spiro atoms. The first-order chi connectivity index (χ1) is 17.1. The maximum Gasteiger partial charge on any atom is 0.306 e. The van der Waals surface area contributed by atoms with Gasteiger partial charge in [-0.2, -0.15) is 0 Å². The van der Waals surface area contributed by atoms with Crippen LogP contribution in [0.25, 0.3) is 0 Å². The highest BCUT2D eigenvalue weighted by atomic mass is 16.5. The van der Waals surface area contributed by atoms with Gasteiger partial charge in [0, 0.05) is 13.1 Å². The number of ether oxygens (including phenoxy) is 2. The van der Waals surface area contributed by atoms with E-state index in [1.807, 2.05) is 0 Å². The Hall–Kier alpha value is -1.26. The summed E-state index contributed by atoms with van der Waals surface area (Å²) >= 11 is 0. The van der Waals surface area contributed by atoms with E-state index in [9.17, 15) is 9.59 Å². The molecule has 0 heterocycles. The minimum absolute atomic E-state index is 0.0594. The van der Waals surface area contributed by atoms with Gasteiger partial charge in [0.1, 0.15) is 13.2 Å². The summed E-state index contributed by atoms with van der Waals surface area (Å²) in [6, 6.07) is 0. The van der Waals surface area contributed by atoms with Crippen molar-refractivity contribution in [1.82, 2.24) is 10.2 Å². The molecule has 0 aromatic heterocycles. The van der Waals surface area contributed by atoms with E-state index in [2.05, 4.69) is 10.2 Å². The largest absolute Gasteiger partial charge is 0.464 e. The number of nitrogens with zero attached hydrogens (tertiary/aromatic N) is 1. The van der Waals surface area contributed by atoms with Gasteiger partial charge in [-0.05, 0) is 77.8 Å². The van der Waals surface area contributed by atoms with Crippen LogP contribution in [0.2, 0.25) is 0 Å². The summed E-state index contributed by atoms with van der Waals surface area (Å²) in [6.07, 6.45) is 13.7. The van der Waals surface area contributed by atoms with Gasteiger partial charge < -0.3 is 32.0 Å². The summed E-state index contributed by atoms with van der Waals surface area (Å²) in [7, 11) is 0. The van der Waals surface area contributed by atoms with Crippen molar-refractivity contribution < 1.29 is 19.1 Å². The Labute approximate surface area is 214 Å². The van der Waals surface area contributed by atoms with Crippen molar-refractivity contribution in [2.24, 2.45) is 17.2 Å². The van der Waals surface area contributed by atoms with Crippen molar-refractivity contribution >= 4 is 11.9 Å². The zero-order valence-electron chi connectivity index (χ0n) is 22.3. The standard InChI is InChI=1S/C26H55N5O4/c27-15-7-1-4-10-18-30-19-23-34-25(32)13-14-26(33)35-24-22-31(20-11-5-2-8-16-28)21-12-6-3-9-17-29/h30H,1-24,27-29H2. The van der Waals surface area contributed by atoms with E-state index >= 15 is 0 Å². The summed E-state index contributed by atoms with van der Waals surface area (Å²) in [6.45, 7) is 7.21. The first kappa shape index (κ1) is 33.7. The van der Waals surface area contributed by atoms with Gasteiger partial charge >= 0.3 is 11.9 Å². The van der Waals surface area contributed by atoms with Crippen molar-refractivity contribution in [2.45, 2.75) is 89.9 Å². The summed E-state index contributed by atoms with van der Waals surface area (Å²) in [5, 5.41) is 3.25. The molecule has 0 saturated heterocycles. The molecule has 35 heavy (non-hydrogen) atoms. The number of esters is 2. The third-order valence-electron chi connectivity index (χ3n) is 5.91. The van der Waals surface area contributed by atoms with Crippen LogP contribution in [0.1, 0.15) is 89.9 Å². The van der Waals surface area contributed by atoms with E-state index in [-0.39, 0.29) is 24.8 Å². The van der Waals surface area contributed by atoms with Crippen LogP contribution < -0.4 is 22.5 Å². The van der Waals surface area contributed by atoms with Crippen molar-refractivity contribution in [3.63, 3.8) is 0 Å². The minimum atomic E-state index is -0.358. The molecule has 0 aliphatic rings. The van der Waals surface area contributed by atoms with E-state index in [0.717, 1.165) is 110 Å². The smallest absolute Gasteiger partial charge is 0.306 e. The van der Waals surface area contributed by atoms with Crippen LogP contribution in [0.15, 0.2) is 0 Å². The van der Waals surface area contributed by atoms with E-state index in [1.165, 1.54) is 12.8 Å². The molecule has 7 N–H and O–H groups in total. The van der Waals surface area contributed by atoms with E-state index < -0.39 is 0 Å². The first-order valence-corrected chi connectivity index (χ1v) is 14.0. The average molecular weight is 502 g/mol. The lowest BCUT2D eigenvalue weighted by molar-refractivity contribution is -0.150. The second kappa shape index (κ2) is 27.3. The molecule has 0 bridgehead atoms. The van der Waals surface area contributed by atoms with Gasteiger partial charge in [-0.1, -0.05) is 38.5 Å². The number of nitrogens with two attached hydrogens (primary N) is 3. The third kappa shape index (κ3) is 25.6. The lowest BCUT2D eigenvalue weighted by Crippen LogP contribution is -2.30. The van der Waals surface area contributed by atoms with Crippen LogP contribution >= 0.6 is 0 Å². The molecule has 0 aliphatic heterocycles. The highest BCUT2D eigenvalue weighted by Gasteiger charge is 2.11. The molecule has 0 atom stereocenters. The minimum Gasteiger partial charge on any atom is -0.464 e. The Balaban J connectivity index is 3.88. The fourth-order valence-electron chi connectivity index (χ4n) is 3.75. The Morgan fingerprint density at radius 2 is 1.00 bits per heavy atom. The number of rotatable bonds is 27. The van der Waals surface area contributed by atoms with Gasteiger partial charge in [0.2, 0.25) is 0 Å². The Kier molecular flexibility index (Phi) is 26.3. The Morgan fingerprint density at radius 1 is 0.543 bits per heavy atom. The second-order valence-corrected chi connectivity index (χ2v) is 9.14. The number of hydrogen-bond acceptors (Lipinski definition) is 9. The van der Waals surface area contributed by atoms with Crippen molar-refractivity contribution in [1.29, 1.82) is 0 Å². The molecular weight excluding hydrogens is 446 g/mol. The maximum absolute atomic E-state index is 12.0. The molecule has 0 saturated carbocycles. The normalized spacial score (nSPS) is 11.2. The topological polar surface area (TPSA) is 146 Å². The van der Waals surface area contributed by atoms with Crippen LogP contribution in [0, 0.1) is 0 Å². The van der Waals surface area contributed by atoms with Crippen LogP contribution in [-0.2, 0) is 19.1 Å². The van der Waals surface area contributed by atoms with E-state index in [1.54, 1.807) is 0 Å². The number of unbranched alkanes of at least 4 members (excludes halogenated alkanes) is 9. The van der Waals surface area contributed by atoms with Gasteiger partial charge in [-0.15, -0.1) is 0 Å². The molecule has 208 valence electrons. The monoisotopic (exact) mass is 501 g/mol. The third-order valence-corrected chi connectivity index (χ3v) is 5.91. The second-order valence-electron chi connectivity index (χ2n) is 9.14.